The van der Waals surface area contributed by atoms with E-state index in [-0.39, 0.29) is 11.8 Å². The SMILES string of the molecule is CCC(=O)[N]NC(=O)CI. The molecule has 0 saturated carbocycles. The van der Waals surface area contributed by atoms with Crippen molar-refractivity contribution >= 4 is 34.4 Å². The highest BCUT2D eigenvalue weighted by Gasteiger charge is 2.01. The maximum atomic E-state index is 10.5. The topological polar surface area (TPSA) is 60.3 Å². The van der Waals surface area contributed by atoms with Gasteiger partial charge in [0.25, 0.3) is 5.91 Å². The van der Waals surface area contributed by atoms with Crippen LogP contribution >= 0.6 is 22.6 Å². The van der Waals surface area contributed by atoms with Gasteiger partial charge >= 0.3 is 0 Å². The van der Waals surface area contributed by atoms with Crippen LogP contribution in [0, 0.1) is 0 Å². The van der Waals surface area contributed by atoms with E-state index in [1.54, 1.807) is 6.92 Å². The van der Waals surface area contributed by atoms with Crippen molar-refractivity contribution < 1.29 is 9.59 Å². The third-order valence-corrected chi connectivity index (χ3v) is 1.42. The first-order valence-electron chi connectivity index (χ1n) is 2.79. The molecule has 4 nitrogen and oxygen atoms in total. The Morgan fingerprint density at radius 2 is 2.20 bits per heavy atom. The van der Waals surface area contributed by atoms with Crippen LogP contribution in [-0.2, 0) is 9.59 Å². The van der Waals surface area contributed by atoms with Gasteiger partial charge in [0.1, 0.15) is 0 Å². The molecule has 0 aromatic heterocycles. The number of nitrogens with zero attached hydrogens (tertiary/aromatic N) is 1. The van der Waals surface area contributed by atoms with Crippen LogP contribution in [0.5, 0.6) is 0 Å². The van der Waals surface area contributed by atoms with Crippen LogP contribution in [-0.4, -0.2) is 16.2 Å². The van der Waals surface area contributed by atoms with Gasteiger partial charge in [-0.25, -0.2) is 5.43 Å². The Morgan fingerprint density at radius 1 is 1.60 bits per heavy atom. The average molecular weight is 255 g/mol. The third-order valence-electron chi connectivity index (χ3n) is 0.729. The Kier molecular flexibility index (Phi) is 5.27. The highest BCUT2D eigenvalue weighted by atomic mass is 127. The molecule has 0 rings (SSSR count). The van der Waals surface area contributed by atoms with Crippen molar-refractivity contribution in [2.75, 3.05) is 4.43 Å². The van der Waals surface area contributed by atoms with Crippen molar-refractivity contribution in [1.29, 1.82) is 0 Å². The summed E-state index contributed by atoms with van der Waals surface area (Å²) in [5.74, 6) is -0.555. The summed E-state index contributed by atoms with van der Waals surface area (Å²) < 4.78 is 0.318. The number of hydrogen-bond acceptors (Lipinski definition) is 2. The van der Waals surface area contributed by atoms with E-state index in [0.29, 0.717) is 10.8 Å². The zero-order valence-electron chi connectivity index (χ0n) is 5.56. The van der Waals surface area contributed by atoms with Crippen molar-refractivity contribution in [3.05, 3.63) is 0 Å². The second-order valence-corrected chi connectivity index (χ2v) is 2.29. The van der Waals surface area contributed by atoms with Gasteiger partial charge in [-0.2, -0.15) is 0 Å². The summed E-state index contributed by atoms with van der Waals surface area (Å²) in [4.78, 5) is 20.9. The number of alkyl halides is 1. The number of hydrogen-bond donors (Lipinski definition) is 1. The number of rotatable bonds is 2. The van der Waals surface area contributed by atoms with E-state index in [9.17, 15) is 9.59 Å². The Hall–Kier alpha value is -0.330. The van der Waals surface area contributed by atoms with Crippen LogP contribution in [0.25, 0.3) is 0 Å². The van der Waals surface area contributed by atoms with Crippen LogP contribution in [0.15, 0.2) is 0 Å². The Morgan fingerprint density at radius 3 is 2.60 bits per heavy atom. The van der Waals surface area contributed by atoms with Gasteiger partial charge in [-0.1, -0.05) is 29.5 Å². The molecule has 0 aliphatic carbocycles. The van der Waals surface area contributed by atoms with Crippen molar-refractivity contribution in [3.8, 4) is 0 Å². The first-order chi connectivity index (χ1) is 4.70. The number of carbonyl (C=O) groups excluding carboxylic acids is 2. The van der Waals surface area contributed by atoms with Crippen LogP contribution < -0.4 is 10.9 Å². The standard InChI is InChI=1S/C5H8IN2O2/c1-2-4(9)7-8-5(10)3-6/h2-3H2,1H3,(H,8,10). The molecule has 0 aromatic carbocycles. The minimum Gasteiger partial charge on any atom is -0.272 e. The van der Waals surface area contributed by atoms with E-state index in [0.717, 1.165) is 0 Å². The van der Waals surface area contributed by atoms with Gasteiger partial charge in [-0.3, -0.25) is 9.59 Å². The second-order valence-electron chi connectivity index (χ2n) is 1.53. The van der Waals surface area contributed by atoms with E-state index in [1.807, 2.05) is 22.6 Å². The predicted molar refractivity (Wildman–Crippen MR) is 44.5 cm³/mol. The molecule has 0 saturated heterocycles. The number of amides is 2. The third kappa shape index (κ3) is 4.54. The van der Waals surface area contributed by atoms with Crippen molar-refractivity contribution in [3.63, 3.8) is 0 Å². The lowest BCUT2D eigenvalue weighted by molar-refractivity contribution is -0.127. The lowest BCUT2D eigenvalue weighted by atomic mass is 10.5. The maximum Gasteiger partial charge on any atom is 0.262 e. The molecule has 0 aliphatic heterocycles. The normalized spacial score (nSPS) is 8.60. The highest BCUT2D eigenvalue weighted by molar-refractivity contribution is 14.1. The summed E-state index contributed by atoms with van der Waals surface area (Å²) >= 11 is 1.89. The van der Waals surface area contributed by atoms with E-state index in [2.05, 4.69) is 10.9 Å². The van der Waals surface area contributed by atoms with Gasteiger partial charge in [0.2, 0.25) is 5.91 Å². The van der Waals surface area contributed by atoms with Gasteiger partial charge in [-0.05, 0) is 0 Å². The molecule has 2 amide bonds. The van der Waals surface area contributed by atoms with Crippen LogP contribution in [0.1, 0.15) is 13.3 Å². The fraction of sp³-hybridized carbons (Fsp3) is 0.600. The number of halogens is 1. The van der Waals surface area contributed by atoms with E-state index in [4.69, 9.17) is 0 Å². The van der Waals surface area contributed by atoms with Gasteiger partial charge < -0.3 is 0 Å². The van der Waals surface area contributed by atoms with E-state index >= 15 is 0 Å². The quantitative estimate of drug-likeness (QED) is 0.428. The van der Waals surface area contributed by atoms with E-state index < -0.39 is 0 Å². The molecule has 0 aliphatic rings. The van der Waals surface area contributed by atoms with Crippen molar-refractivity contribution in [2.24, 2.45) is 0 Å². The number of carbonyl (C=O) groups is 2. The van der Waals surface area contributed by atoms with Gasteiger partial charge in [0, 0.05) is 6.42 Å². The zero-order chi connectivity index (χ0) is 7.98. The summed E-state index contributed by atoms with van der Waals surface area (Å²) in [6.07, 6.45) is 0.321. The second kappa shape index (κ2) is 5.45. The molecule has 5 heteroatoms. The summed E-state index contributed by atoms with van der Waals surface area (Å²) in [7, 11) is 0. The maximum absolute atomic E-state index is 10.5. The Balaban J connectivity index is 3.35. The molecule has 0 aromatic rings. The fourth-order valence-corrected chi connectivity index (χ4v) is 0.404. The van der Waals surface area contributed by atoms with Crippen LogP contribution in [0.4, 0.5) is 0 Å². The summed E-state index contributed by atoms with van der Waals surface area (Å²) in [5.41, 5.74) is 5.38. The largest absolute Gasteiger partial charge is 0.272 e. The van der Waals surface area contributed by atoms with Crippen molar-refractivity contribution in [1.82, 2.24) is 10.9 Å². The summed E-state index contributed by atoms with van der Waals surface area (Å²) in [6.45, 7) is 1.68. The molecule has 10 heavy (non-hydrogen) atoms. The number of nitrogens with one attached hydrogen (secondary N) is 1. The minimum absolute atomic E-state index is 0.248. The molecule has 0 atom stereocenters. The zero-order valence-corrected chi connectivity index (χ0v) is 7.71. The molecule has 1 radical (unpaired) electrons. The van der Waals surface area contributed by atoms with Gasteiger partial charge in [-0.15, -0.1) is 5.43 Å². The molecular weight excluding hydrogens is 247 g/mol. The molecule has 57 valence electrons. The van der Waals surface area contributed by atoms with Gasteiger partial charge in [0.05, 0.1) is 4.43 Å². The minimum atomic E-state index is -0.307. The molecule has 0 unspecified atom stereocenters. The van der Waals surface area contributed by atoms with Crippen LogP contribution in [0.3, 0.4) is 0 Å². The highest BCUT2D eigenvalue weighted by Crippen LogP contribution is 1.79. The van der Waals surface area contributed by atoms with Crippen LogP contribution in [0.2, 0.25) is 0 Å². The summed E-state index contributed by atoms with van der Waals surface area (Å²) in [5, 5.41) is 0. The lowest BCUT2D eigenvalue weighted by Crippen LogP contribution is -2.35. The van der Waals surface area contributed by atoms with E-state index in [1.165, 1.54) is 0 Å². The Bertz CT molecular complexity index is 122. The molecule has 0 heterocycles. The first-order valence-corrected chi connectivity index (χ1v) is 4.31. The first kappa shape index (κ1) is 9.67. The Labute approximate surface area is 72.9 Å². The smallest absolute Gasteiger partial charge is 0.262 e. The molecule has 0 spiro atoms. The fourth-order valence-electron chi connectivity index (χ4n) is 0.234. The van der Waals surface area contributed by atoms with Crippen molar-refractivity contribution in [2.45, 2.75) is 13.3 Å². The molecule has 0 bridgehead atoms. The monoisotopic (exact) mass is 255 g/mol. The molecule has 0 fully saturated rings. The average Bonchev–Trinajstić information content (AvgIpc) is 1.99. The lowest BCUT2D eigenvalue weighted by Gasteiger charge is -1.97. The molecule has 1 N–H and O–H groups in total. The molecular formula is C5H8IN2O2. The van der Waals surface area contributed by atoms with Gasteiger partial charge in [0.15, 0.2) is 0 Å². The predicted octanol–water partition coefficient (Wildman–Crippen LogP) is -0.00640. The summed E-state index contributed by atoms with van der Waals surface area (Å²) in [6, 6.07) is 0.